The molecule has 0 bridgehead atoms. The number of hydrogen-bond donors (Lipinski definition) is 3. The number of aromatic nitrogens is 4. The predicted octanol–water partition coefficient (Wildman–Crippen LogP) is 2.18. The van der Waals surface area contributed by atoms with Gasteiger partial charge in [-0.3, -0.25) is 9.89 Å². The highest BCUT2D eigenvalue weighted by atomic mass is 35.5. The topological polar surface area (TPSA) is 87.1 Å². The largest absolute Gasteiger partial charge is 0.351 e. The molecule has 0 spiro atoms. The summed E-state index contributed by atoms with van der Waals surface area (Å²) in [7, 11) is 0. The molecule has 0 atom stereocenters. The van der Waals surface area contributed by atoms with Crippen molar-refractivity contribution in [2.24, 2.45) is 0 Å². The second kappa shape index (κ2) is 7.46. The summed E-state index contributed by atoms with van der Waals surface area (Å²) in [6.07, 6.45) is 1.03. The fourth-order valence-corrected chi connectivity index (χ4v) is 2.40. The van der Waals surface area contributed by atoms with Crippen LogP contribution in [0, 0.1) is 0 Å². The SMILES string of the molecule is CCCNCc1cc(=O)n2[nH]c(NCc3ccc(Cl)cc3)nc2n1. The average molecular weight is 347 g/mol. The number of halogens is 1. The first-order valence-electron chi connectivity index (χ1n) is 7.83. The molecule has 3 rings (SSSR count). The van der Waals surface area contributed by atoms with Gasteiger partial charge in [-0.05, 0) is 30.7 Å². The van der Waals surface area contributed by atoms with Crippen molar-refractivity contribution in [1.82, 2.24) is 24.9 Å². The zero-order chi connectivity index (χ0) is 16.9. The molecule has 1 aromatic carbocycles. The van der Waals surface area contributed by atoms with Gasteiger partial charge < -0.3 is 10.6 Å². The van der Waals surface area contributed by atoms with Crippen LogP contribution >= 0.6 is 11.6 Å². The first kappa shape index (κ1) is 16.5. The minimum absolute atomic E-state index is 0.180. The highest BCUT2D eigenvalue weighted by molar-refractivity contribution is 6.30. The van der Waals surface area contributed by atoms with E-state index in [1.165, 1.54) is 10.6 Å². The van der Waals surface area contributed by atoms with Crippen LogP contribution in [0.1, 0.15) is 24.6 Å². The molecule has 0 unspecified atom stereocenters. The van der Waals surface area contributed by atoms with E-state index in [1.807, 2.05) is 24.3 Å². The number of aromatic amines is 1. The molecule has 0 amide bonds. The van der Waals surface area contributed by atoms with Crippen LogP contribution in [-0.2, 0) is 13.1 Å². The Labute approximate surface area is 144 Å². The van der Waals surface area contributed by atoms with Crippen molar-refractivity contribution in [3.63, 3.8) is 0 Å². The molecule has 0 saturated heterocycles. The summed E-state index contributed by atoms with van der Waals surface area (Å²) in [6, 6.07) is 9.04. The van der Waals surface area contributed by atoms with Gasteiger partial charge in [0.25, 0.3) is 11.3 Å². The lowest BCUT2D eigenvalue weighted by molar-refractivity contribution is 0.661. The number of nitrogens with one attached hydrogen (secondary N) is 3. The number of anilines is 1. The smallest absolute Gasteiger partial charge is 0.274 e. The third-order valence-corrected chi connectivity index (χ3v) is 3.74. The van der Waals surface area contributed by atoms with E-state index in [9.17, 15) is 4.79 Å². The first-order valence-corrected chi connectivity index (χ1v) is 8.21. The standard InChI is InChI=1S/C16H19ClN6O/c1-2-7-18-10-13-8-14(24)23-16(20-13)21-15(22-23)19-9-11-3-5-12(17)6-4-11/h3-6,8,18H,2,7,9-10H2,1H3,(H2,19,20,21,22). The molecule has 24 heavy (non-hydrogen) atoms. The number of nitrogens with zero attached hydrogens (tertiary/aromatic N) is 3. The Morgan fingerprint density at radius 2 is 2.00 bits per heavy atom. The molecule has 8 heteroatoms. The molecule has 0 aliphatic rings. The second-order valence-electron chi connectivity index (χ2n) is 5.45. The maximum Gasteiger partial charge on any atom is 0.274 e. The van der Waals surface area contributed by atoms with Crippen LogP contribution in [0.4, 0.5) is 5.95 Å². The lowest BCUT2D eigenvalue weighted by Crippen LogP contribution is -2.20. The molecule has 0 aliphatic carbocycles. The van der Waals surface area contributed by atoms with Crippen LogP contribution in [0.2, 0.25) is 5.02 Å². The number of benzene rings is 1. The van der Waals surface area contributed by atoms with E-state index in [0.29, 0.717) is 35.5 Å². The van der Waals surface area contributed by atoms with Crippen LogP contribution in [-0.4, -0.2) is 26.1 Å². The maximum atomic E-state index is 12.1. The molecule has 3 N–H and O–H groups in total. The number of hydrogen-bond acceptors (Lipinski definition) is 5. The van der Waals surface area contributed by atoms with Gasteiger partial charge in [0.2, 0.25) is 5.95 Å². The Balaban J connectivity index is 1.74. The number of rotatable bonds is 7. The second-order valence-corrected chi connectivity index (χ2v) is 5.89. The molecule has 7 nitrogen and oxygen atoms in total. The summed E-state index contributed by atoms with van der Waals surface area (Å²) in [5, 5.41) is 9.98. The van der Waals surface area contributed by atoms with Crippen LogP contribution in [0.15, 0.2) is 35.1 Å². The Bertz CT molecular complexity index is 870. The van der Waals surface area contributed by atoms with E-state index < -0.39 is 0 Å². The Hall–Kier alpha value is -2.38. The fraction of sp³-hybridized carbons (Fsp3) is 0.312. The number of H-pyrrole nitrogens is 1. The lowest BCUT2D eigenvalue weighted by atomic mass is 10.2. The number of fused-ring (bicyclic) bond motifs is 1. The normalized spacial score (nSPS) is 11.1. The van der Waals surface area contributed by atoms with E-state index in [2.05, 4.69) is 32.6 Å². The van der Waals surface area contributed by atoms with Crippen molar-refractivity contribution >= 4 is 23.3 Å². The van der Waals surface area contributed by atoms with E-state index >= 15 is 0 Å². The molecular weight excluding hydrogens is 328 g/mol. The van der Waals surface area contributed by atoms with Crippen molar-refractivity contribution in [3.05, 3.63) is 57.0 Å². The Morgan fingerprint density at radius 1 is 1.21 bits per heavy atom. The van der Waals surface area contributed by atoms with Crippen molar-refractivity contribution in [1.29, 1.82) is 0 Å². The average Bonchev–Trinajstić information content (AvgIpc) is 2.98. The van der Waals surface area contributed by atoms with Crippen molar-refractivity contribution < 1.29 is 0 Å². The predicted molar refractivity (Wildman–Crippen MR) is 94.4 cm³/mol. The summed E-state index contributed by atoms with van der Waals surface area (Å²) in [5.41, 5.74) is 1.56. The lowest BCUT2D eigenvalue weighted by Gasteiger charge is -2.02. The molecule has 2 aromatic heterocycles. The van der Waals surface area contributed by atoms with Gasteiger partial charge in [-0.1, -0.05) is 30.7 Å². The summed E-state index contributed by atoms with van der Waals surface area (Å²) in [4.78, 5) is 20.9. The van der Waals surface area contributed by atoms with Gasteiger partial charge in [0.1, 0.15) is 0 Å². The van der Waals surface area contributed by atoms with Gasteiger partial charge in [0, 0.05) is 24.2 Å². The summed E-state index contributed by atoms with van der Waals surface area (Å²) >= 11 is 5.87. The molecular formula is C16H19ClN6O. The Kier molecular flexibility index (Phi) is 5.12. The quantitative estimate of drug-likeness (QED) is 0.571. The van der Waals surface area contributed by atoms with Crippen molar-refractivity contribution in [3.8, 4) is 0 Å². The monoisotopic (exact) mass is 346 g/mol. The summed E-state index contributed by atoms with van der Waals surface area (Å²) < 4.78 is 1.33. The van der Waals surface area contributed by atoms with Gasteiger partial charge in [-0.15, -0.1) is 0 Å². The molecule has 126 valence electrons. The van der Waals surface area contributed by atoms with Crippen LogP contribution in [0.5, 0.6) is 0 Å². The van der Waals surface area contributed by atoms with Crippen LogP contribution < -0.4 is 16.2 Å². The van der Waals surface area contributed by atoms with Gasteiger partial charge in [0.15, 0.2) is 0 Å². The maximum absolute atomic E-state index is 12.1. The first-order chi connectivity index (χ1) is 11.7. The molecule has 3 aromatic rings. The molecule has 0 radical (unpaired) electrons. The van der Waals surface area contributed by atoms with E-state index in [-0.39, 0.29) is 5.56 Å². The Morgan fingerprint density at radius 3 is 2.75 bits per heavy atom. The third kappa shape index (κ3) is 3.93. The molecule has 0 fully saturated rings. The van der Waals surface area contributed by atoms with Gasteiger partial charge in [-0.2, -0.15) is 9.50 Å². The van der Waals surface area contributed by atoms with Gasteiger partial charge in [-0.25, -0.2) is 4.98 Å². The summed E-state index contributed by atoms with van der Waals surface area (Å²) in [6.45, 7) is 4.09. The van der Waals surface area contributed by atoms with E-state index in [4.69, 9.17) is 11.6 Å². The minimum Gasteiger partial charge on any atom is -0.351 e. The zero-order valence-corrected chi connectivity index (χ0v) is 14.1. The molecule has 2 heterocycles. The fourth-order valence-electron chi connectivity index (χ4n) is 2.28. The zero-order valence-electron chi connectivity index (χ0n) is 13.3. The highest BCUT2D eigenvalue weighted by Crippen LogP contribution is 2.11. The van der Waals surface area contributed by atoms with E-state index in [1.54, 1.807) is 0 Å². The van der Waals surface area contributed by atoms with Gasteiger partial charge >= 0.3 is 0 Å². The third-order valence-electron chi connectivity index (χ3n) is 3.49. The highest BCUT2D eigenvalue weighted by Gasteiger charge is 2.08. The van der Waals surface area contributed by atoms with E-state index in [0.717, 1.165) is 18.5 Å². The van der Waals surface area contributed by atoms with Crippen LogP contribution in [0.3, 0.4) is 0 Å². The van der Waals surface area contributed by atoms with Gasteiger partial charge in [0.05, 0.1) is 5.69 Å². The van der Waals surface area contributed by atoms with Crippen molar-refractivity contribution in [2.75, 3.05) is 11.9 Å². The molecule has 0 aliphatic heterocycles. The van der Waals surface area contributed by atoms with Crippen LogP contribution in [0.25, 0.3) is 5.78 Å². The molecule has 0 saturated carbocycles. The van der Waals surface area contributed by atoms with Crippen molar-refractivity contribution in [2.45, 2.75) is 26.4 Å². The minimum atomic E-state index is -0.180. The summed E-state index contributed by atoms with van der Waals surface area (Å²) in [5.74, 6) is 0.850.